The molecule has 612 valence electrons. The van der Waals surface area contributed by atoms with Crippen molar-refractivity contribution in [1.29, 1.82) is 0 Å². The van der Waals surface area contributed by atoms with Gasteiger partial charge in [-0.3, -0.25) is 37.3 Å². The highest BCUT2D eigenvalue weighted by atomic mass is 31.2. The second-order valence-electron chi connectivity index (χ2n) is 30.9. The number of unbranched alkanes of at least 4 members (excludes halogenated alkanes) is 52. The van der Waals surface area contributed by atoms with E-state index in [1.54, 1.807) is 0 Å². The fourth-order valence-electron chi connectivity index (χ4n) is 13.0. The molecule has 0 saturated carbocycles. The molecular formula is C84H164O17P2. The van der Waals surface area contributed by atoms with Crippen LogP contribution in [0.25, 0.3) is 0 Å². The molecule has 0 fully saturated rings. The van der Waals surface area contributed by atoms with Gasteiger partial charge in [-0.2, -0.15) is 0 Å². The van der Waals surface area contributed by atoms with E-state index in [4.69, 9.17) is 37.0 Å². The molecule has 0 radical (unpaired) electrons. The first-order chi connectivity index (χ1) is 49.9. The van der Waals surface area contributed by atoms with E-state index in [1.807, 2.05) is 0 Å². The molecule has 0 aliphatic carbocycles. The Morgan fingerprint density at radius 2 is 0.495 bits per heavy atom. The first-order valence-electron chi connectivity index (χ1n) is 43.5. The molecule has 0 aliphatic heterocycles. The molecule has 0 aromatic rings. The third-order valence-electron chi connectivity index (χ3n) is 20.1. The summed E-state index contributed by atoms with van der Waals surface area (Å²) in [6.07, 6.45) is 67.0. The Morgan fingerprint density at radius 3 is 0.738 bits per heavy atom. The van der Waals surface area contributed by atoms with Crippen molar-refractivity contribution >= 4 is 39.5 Å². The summed E-state index contributed by atoms with van der Waals surface area (Å²) in [5.74, 6) is -0.567. The van der Waals surface area contributed by atoms with Crippen molar-refractivity contribution in [2.75, 3.05) is 39.6 Å². The standard InChI is InChI=1S/C84H164O17P2/c1-7-10-12-14-16-18-20-21-22-23-24-25-26-27-32-35-38-41-45-49-56-62-68-83(88)100-79(72-94-82(87)67-61-55-48-44-40-37-34-31-29-28-30-33-36-39-42-46-52-58-64-76(4)5)74-98-102(90,91)96-70-78(85)71-97-103(92,93)99-75-80(101-84(89)69-63-57-51-50-53-59-65-77(6)9-3)73-95-81(86)66-60-54-47-43-19-17-15-13-11-8-2/h76-80,85H,7-75H2,1-6H3,(H,90,91)(H,92,93)/t77?,78-,79-,80-/m1/s1. The van der Waals surface area contributed by atoms with Gasteiger partial charge in [0, 0.05) is 25.7 Å². The topological polar surface area (TPSA) is 237 Å². The highest BCUT2D eigenvalue weighted by Crippen LogP contribution is 2.45. The third kappa shape index (κ3) is 76.6. The van der Waals surface area contributed by atoms with Gasteiger partial charge in [-0.05, 0) is 37.5 Å². The molecule has 0 aliphatic rings. The molecule has 3 N–H and O–H groups in total. The highest BCUT2D eigenvalue weighted by molar-refractivity contribution is 7.47. The Kier molecular flexibility index (Phi) is 74.1. The molecule has 0 aromatic carbocycles. The van der Waals surface area contributed by atoms with Crippen molar-refractivity contribution < 1.29 is 80.2 Å². The van der Waals surface area contributed by atoms with Crippen LogP contribution in [0.2, 0.25) is 0 Å². The van der Waals surface area contributed by atoms with Gasteiger partial charge in [-0.15, -0.1) is 0 Å². The zero-order chi connectivity index (χ0) is 75.6. The lowest BCUT2D eigenvalue weighted by atomic mass is 10.00. The molecule has 0 bridgehead atoms. The minimum Gasteiger partial charge on any atom is -0.462 e. The lowest BCUT2D eigenvalue weighted by molar-refractivity contribution is -0.161. The molecule has 6 atom stereocenters. The second-order valence-corrected chi connectivity index (χ2v) is 33.8. The van der Waals surface area contributed by atoms with E-state index < -0.39 is 97.5 Å². The van der Waals surface area contributed by atoms with E-state index in [0.717, 1.165) is 102 Å². The van der Waals surface area contributed by atoms with E-state index in [-0.39, 0.29) is 25.7 Å². The van der Waals surface area contributed by atoms with Crippen molar-refractivity contribution in [2.24, 2.45) is 11.8 Å². The number of phosphoric ester groups is 2. The van der Waals surface area contributed by atoms with Crippen molar-refractivity contribution in [2.45, 2.75) is 464 Å². The molecule has 103 heavy (non-hydrogen) atoms. The lowest BCUT2D eigenvalue weighted by Crippen LogP contribution is -2.30. The molecular weight excluding hydrogens is 1340 g/mol. The summed E-state index contributed by atoms with van der Waals surface area (Å²) in [5, 5.41) is 10.6. The Morgan fingerprint density at radius 1 is 0.282 bits per heavy atom. The number of carbonyl (C=O) groups excluding carboxylic acids is 4. The highest BCUT2D eigenvalue weighted by Gasteiger charge is 2.30. The molecule has 3 unspecified atom stereocenters. The van der Waals surface area contributed by atoms with Gasteiger partial charge in [0.25, 0.3) is 0 Å². The monoisotopic (exact) mass is 1510 g/mol. The van der Waals surface area contributed by atoms with Crippen molar-refractivity contribution in [3.05, 3.63) is 0 Å². The van der Waals surface area contributed by atoms with Gasteiger partial charge in [0.05, 0.1) is 26.4 Å². The van der Waals surface area contributed by atoms with E-state index in [2.05, 4.69) is 41.5 Å². The van der Waals surface area contributed by atoms with Gasteiger partial charge in [0.1, 0.15) is 19.3 Å². The number of phosphoric acid groups is 2. The molecule has 0 amide bonds. The molecule has 0 saturated heterocycles. The number of esters is 4. The minimum absolute atomic E-state index is 0.103. The number of carbonyl (C=O) groups is 4. The number of aliphatic hydroxyl groups is 1. The molecule has 19 heteroatoms. The van der Waals surface area contributed by atoms with Crippen molar-refractivity contribution in [3.8, 4) is 0 Å². The first-order valence-corrected chi connectivity index (χ1v) is 46.5. The minimum atomic E-state index is -4.96. The van der Waals surface area contributed by atoms with Crippen LogP contribution >= 0.6 is 15.6 Å². The predicted octanol–water partition coefficient (Wildman–Crippen LogP) is 25.5. The fraction of sp³-hybridized carbons (Fsp3) is 0.952. The summed E-state index contributed by atoms with van der Waals surface area (Å²) in [6.45, 7) is 9.62. The summed E-state index contributed by atoms with van der Waals surface area (Å²) in [5.41, 5.74) is 0. The number of aliphatic hydroxyl groups excluding tert-OH is 1. The van der Waals surface area contributed by atoms with Crippen molar-refractivity contribution in [1.82, 2.24) is 0 Å². The Labute approximate surface area is 632 Å². The number of hydrogen-bond donors (Lipinski definition) is 3. The summed E-state index contributed by atoms with van der Waals surface area (Å²) in [6, 6.07) is 0. The zero-order valence-electron chi connectivity index (χ0n) is 67.6. The predicted molar refractivity (Wildman–Crippen MR) is 423 cm³/mol. The largest absolute Gasteiger partial charge is 0.472 e. The first kappa shape index (κ1) is 101. The van der Waals surface area contributed by atoms with Gasteiger partial charge in [0.2, 0.25) is 0 Å². The maximum atomic E-state index is 13.1. The Bertz CT molecular complexity index is 1980. The number of hydrogen-bond acceptors (Lipinski definition) is 15. The normalized spacial score (nSPS) is 14.1. The third-order valence-corrected chi connectivity index (χ3v) is 22.0. The summed E-state index contributed by atoms with van der Waals surface area (Å²) < 4.78 is 68.7. The Hall–Kier alpha value is -1.94. The van der Waals surface area contributed by atoms with E-state index in [9.17, 15) is 43.2 Å². The summed E-state index contributed by atoms with van der Waals surface area (Å²) in [4.78, 5) is 73.0. The van der Waals surface area contributed by atoms with E-state index >= 15 is 0 Å². The van der Waals surface area contributed by atoms with E-state index in [0.29, 0.717) is 25.7 Å². The van der Waals surface area contributed by atoms with Crippen LogP contribution in [0.4, 0.5) is 0 Å². The molecule has 17 nitrogen and oxygen atoms in total. The van der Waals surface area contributed by atoms with Crippen LogP contribution in [0, 0.1) is 11.8 Å². The lowest BCUT2D eigenvalue weighted by Gasteiger charge is -2.21. The maximum Gasteiger partial charge on any atom is 0.472 e. The maximum absolute atomic E-state index is 13.1. The smallest absolute Gasteiger partial charge is 0.462 e. The van der Waals surface area contributed by atoms with Crippen LogP contribution in [0.1, 0.15) is 446 Å². The SMILES string of the molecule is CCCCCCCCCCCCCCCCCCCCCCCCC(=O)O[C@H](COC(=O)CCCCCCCCCCCCCCCCCCCCC(C)C)COP(=O)(O)OC[C@@H](O)COP(=O)(O)OC[C@@H](COC(=O)CCCCCCCCCCCC)OC(=O)CCCCCCCCC(C)CC. The quantitative estimate of drug-likeness (QED) is 0.0222. The van der Waals surface area contributed by atoms with Gasteiger partial charge in [-0.25, -0.2) is 9.13 Å². The zero-order valence-corrected chi connectivity index (χ0v) is 69.4. The average Bonchev–Trinajstić information content (AvgIpc) is 0.943. The Balaban J connectivity index is 5.17. The fourth-order valence-corrected chi connectivity index (χ4v) is 14.6. The van der Waals surface area contributed by atoms with Gasteiger partial charge < -0.3 is 33.8 Å². The van der Waals surface area contributed by atoms with E-state index in [1.165, 1.54) is 263 Å². The second kappa shape index (κ2) is 75.5. The van der Waals surface area contributed by atoms with Gasteiger partial charge >= 0.3 is 39.5 Å². The summed E-state index contributed by atoms with van der Waals surface area (Å²) in [7, 11) is -9.92. The van der Waals surface area contributed by atoms with Crippen LogP contribution in [-0.2, 0) is 65.4 Å². The van der Waals surface area contributed by atoms with Crippen LogP contribution < -0.4 is 0 Å². The number of rotatable bonds is 83. The van der Waals surface area contributed by atoms with Crippen LogP contribution in [0.3, 0.4) is 0 Å². The van der Waals surface area contributed by atoms with Gasteiger partial charge in [-0.1, -0.05) is 395 Å². The van der Waals surface area contributed by atoms with Crippen molar-refractivity contribution in [3.63, 3.8) is 0 Å². The molecule has 0 aromatic heterocycles. The number of ether oxygens (including phenoxy) is 4. The summed E-state index contributed by atoms with van der Waals surface area (Å²) >= 11 is 0. The van der Waals surface area contributed by atoms with Gasteiger partial charge in [0.15, 0.2) is 12.2 Å². The van der Waals surface area contributed by atoms with Crippen LogP contribution in [-0.4, -0.2) is 96.7 Å². The van der Waals surface area contributed by atoms with Crippen LogP contribution in [0.15, 0.2) is 0 Å². The molecule has 0 rings (SSSR count). The average molecular weight is 1510 g/mol. The molecule has 0 spiro atoms. The molecule has 0 heterocycles. The van der Waals surface area contributed by atoms with Crippen LogP contribution in [0.5, 0.6) is 0 Å².